The van der Waals surface area contributed by atoms with Crippen molar-refractivity contribution in [3.05, 3.63) is 23.8 Å². The first-order chi connectivity index (χ1) is 14.4. The summed E-state index contributed by atoms with van der Waals surface area (Å²) in [5.41, 5.74) is -1.07. The van der Waals surface area contributed by atoms with Crippen molar-refractivity contribution in [2.24, 2.45) is 40.4 Å². The molecule has 9 atom stereocenters. The van der Waals surface area contributed by atoms with Gasteiger partial charge in [-0.3, -0.25) is 14.4 Å². The summed E-state index contributed by atoms with van der Waals surface area (Å²) in [7, 11) is 0. The normalized spacial score (nSPS) is 48.4. The molecule has 0 aromatic rings. The third-order valence-electron chi connectivity index (χ3n) is 9.44. The molecule has 5 nitrogen and oxygen atoms in total. The van der Waals surface area contributed by atoms with Crippen molar-refractivity contribution >= 4 is 17.5 Å². The molecule has 4 aliphatic rings. The summed E-state index contributed by atoms with van der Waals surface area (Å²) in [4.78, 5) is 37.7. The van der Waals surface area contributed by atoms with Gasteiger partial charge in [0.1, 0.15) is 0 Å². The van der Waals surface area contributed by atoms with E-state index in [1.54, 1.807) is 19.1 Å². The Balaban J connectivity index is 1.82. The molecule has 0 saturated heterocycles. The fraction of sp³-hybridized carbons (Fsp3) is 0.731. The maximum Gasteiger partial charge on any atom is 0.306 e. The zero-order valence-corrected chi connectivity index (χ0v) is 19.6. The number of hydrogen-bond acceptors (Lipinski definition) is 5. The van der Waals surface area contributed by atoms with Gasteiger partial charge in [-0.25, -0.2) is 0 Å². The van der Waals surface area contributed by atoms with Crippen LogP contribution in [0.25, 0.3) is 0 Å². The van der Waals surface area contributed by atoms with Crippen LogP contribution < -0.4 is 0 Å². The Morgan fingerprint density at radius 1 is 1.23 bits per heavy atom. The summed E-state index contributed by atoms with van der Waals surface area (Å²) in [6.45, 7) is 11.7. The third-order valence-corrected chi connectivity index (χ3v) is 9.44. The van der Waals surface area contributed by atoms with E-state index in [-0.39, 0.29) is 59.0 Å². The van der Waals surface area contributed by atoms with Gasteiger partial charge in [-0.15, -0.1) is 0 Å². The Bertz CT molecular complexity index is 886. The van der Waals surface area contributed by atoms with Gasteiger partial charge in [0.05, 0.1) is 6.10 Å². The van der Waals surface area contributed by atoms with Gasteiger partial charge in [0, 0.05) is 29.1 Å². The predicted octanol–water partition coefficient (Wildman–Crippen LogP) is 4.04. The molecule has 31 heavy (non-hydrogen) atoms. The van der Waals surface area contributed by atoms with Crippen LogP contribution in [0.15, 0.2) is 23.8 Å². The molecule has 170 valence electrons. The summed E-state index contributed by atoms with van der Waals surface area (Å²) >= 11 is 0. The van der Waals surface area contributed by atoms with Crippen molar-refractivity contribution in [3.63, 3.8) is 0 Å². The molecular weight excluding hydrogens is 392 g/mol. The van der Waals surface area contributed by atoms with Gasteiger partial charge in [-0.05, 0) is 56.1 Å². The Labute approximate surface area is 185 Å². The first-order valence-electron chi connectivity index (χ1n) is 11.8. The summed E-state index contributed by atoms with van der Waals surface area (Å²) in [6.07, 6.45) is 7.06. The number of ether oxygens (including phenoxy) is 1. The van der Waals surface area contributed by atoms with Gasteiger partial charge < -0.3 is 9.84 Å². The highest BCUT2D eigenvalue weighted by Crippen LogP contribution is 2.69. The highest BCUT2D eigenvalue weighted by atomic mass is 16.6. The molecule has 4 rings (SSSR count). The largest absolute Gasteiger partial charge is 0.450 e. The quantitative estimate of drug-likeness (QED) is 0.686. The number of carbonyl (C=O) groups excluding carboxylic acids is 3. The van der Waals surface area contributed by atoms with Gasteiger partial charge in [-0.2, -0.15) is 0 Å². The number of ketones is 2. The molecule has 3 fully saturated rings. The molecule has 3 saturated carbocycles. The molecule has 4 aliphatic carbocycles. The lowest BCUT2D eigenvalue weighted by Gasteiger charge is -2.61. The lowest BCUT2D eigenvalue weighted by atomic mass is 9.44. The van der Waals surface area contributed by atoms with E-state index in [2.05, 4.69) is 20.8 Å². The van der Waals surface area contributed by atoms with Crippen LogP contribution in [0.4, 0.5) is 0 Å². The molecule has 0 spiro atoms. The number of esters is 1. The summed E-state index contributed by atoms with van der Waals surface area (Å²) < 4.78 is 6.03. The van der Waals surface area contributed by atoms with Crippen LogP contribution in [-0.2, 0) is 19.1 Å². The van der Waals surface area contributed by atoms with Crippen LogP contribution in [0.2, 0.25) is 0 Å². The minimum Gasteiger partial charge on any atom is -0.450 e. The van der Waals surface area contributed by atoms with Crippen molar-refractivity contribution in [1.82, 2.24) is 0 Å². The monoisotopic (exact) mass is 428 g/mol. The van der Waals surface area contributed by atoms with Crippen LogP contribution >= 0.6 is 0 Å². The van der Waals surface area contributed by atoms with Crippen LogP contribution in [0.3, 0.4) is 0 Å². The summed E-state index contributed by atoms with van der Waals surface area (Å²) in [5.74, 6) is -0.0111. The average molecular weight is 429 g/mol. The van der Waals surface area contributed by atoms with Crippen molar-refractivity contribution < 1.29 is 24.2 Å². The van der Waals surface area contributed by atoms with Crippen molar-refractivity contribution in [2.75, 3.05) is 0 Å². The molecule has 0 radical (unpaired) electrons. The second-order valence-corrected chi connectivity index (χ2v) is 11.0. The third kappa shape index (κ3) is 2.81. The standard InChI is InChI=1S/C26H36O5/c1-7-22(30)31-26(16(4)27)15(3)11-20-18-10-14(2)19-12-17(28)8-9-24(19,5)23(18)21(29)13-25(20,26)6/h8-9,12,14-15,18,20-21,23,29H,7,10-11,13H2,1-6H3/t14?,15?,18-,20-,21?,23+,24-,25-,26-/m0/s1. The highest BCUT2D eigenvalue weighted by molar-refractivity contribution is 6.01. The number of hydrogen-bond donors (Lipinski definition) is 1. The number of allylic oxidation sites excluding steroid dienone is 4. The van der Waals surface area contributed by atoms with Crippen LogP contribution in [0.5, 0.6) is 0 Å². The molecule has 0 heterocycles. The van der Waals surface area contributed by atoms with Crippen molar-refractivity contribution in [3.8, 4) is 0 Å². The zero-order valence-electron chi connectivity index (χ0n) is 19.6. The number of fused-ring (bicyclic) bond motifs is 5. The first kappa shape index (κ1) is 22.4. The van der Waals surface area contributed by atoms with E-state index in [0.29, 0.717) is 6.42 Å². The Kier molecular flexibility index (Phi) is 5.16. The first-order valence-corrected chi connectivity index (χ1v) is 11.8. The number of aliphatic hydroxyl groups excluding tert-OH is 1. The second-order valence-electron chi connectivity index (χ2n) is 11.0. The van der Waals surface area contributed by atoms with Gasteiger partial charge in [0.15, 0.2) is 17.2 Å². The van der Waals surface area contributed by atoms with Crippen molar-refractivity contribution in [1.29, 1.82) is 0 Å². The van der Waals surface area contributed by atoms with Crippen molar-refractivity contribution in [2.45, 2.75) is 78.9 Å². The van der Waals surface area contributed by atoms with Crippen LogP contribution in [0, 0.1) is 40.4 Å². The summed E-state index contributed by atoms with van der Waals surface area (Å²) in [6, 6.07) is 0. The number of Topliss-reactive ketones (excluding diaryl/α,β-unsaturated/α-hetero) is 1. The average Bonchev–Trinajstić information content (AvgIpc) is 2.90. The maximum absolute atomic E-state index is 13.1. The Morgan fingerprint density at radius 2 is 1.90 bits per heavy atom. The molecule has 0 bridgehead atoms. The van der Waals surface area contributed by atoms with E-state index >= 15 is 0 Å². The van der Waals surface area contributed by atoms with E-state index in [0.717, 1.165) is 18.4 Å². The maximum atomic E-state index is 13.1. The Morgan fingerprint density at radius 3 is 2.52 bits per heavy atom. The fourth-order valence-electron chi connectivity index (χ4n) is 8.36. The zero-order chi connectivity index (χ0) is 22.9. The lowest BCUT2D eigenvalue weighted by Crippen LogP contribution is -2.63. The van der Waals surface area contributed by atoms with Gasteiger partial charge in [0.2, 0.25) is 0 Å². The predicted molar refractivity (Wildman–Crippen MR) is 117 cm³/mol. The Hall–Kier alpha value is -1.75. The van der Waals surface area contributed by atoms with E-state index in [9.17, 15) is 19.5 Å². The molecule has 1 N–H and O–H groups in total. The lowest BCUT2D eigenvalue weighted by molar-refractivity contribution is -0.203. The van der Waals surface area contributed by atoms with E-state index < -0.39 is 17.1 Å². The van der Waals surface area contributed by atoms with Gasteiger partial charge >= 0.3 is 5.97 Å². The molecule has 5 heteroatoms. The summed E-state index contributed by atoms with van der Waals surface area (Å²) in [5, 5.41) is 11.6. The second kappa shape index (κ2) is 7.13. The van der Waals surface area contributed by atoms with E-state index in [1.165, 1.54) is 6.92 Å². The van der Waals surface area contributed by atoms with Gasteiger partial charge in [0.25, 0.3) is 0 Å². The van der Waals surface area contributed by atoms with Crippen LogP contribution in [-0.4, -0.2) is 34.3 Å². The minimum absolute atomic E-state index is 0.0180. The van der Waals surface area contributed by atoms with E-state index in [1.807, 2.05) is 13.0 Å². The fourth-order valence-corrected chi connectivity index (χ4v) is 8.36. The van der Waals surface area contributed by atoms with E-state index in [4.69, 9.17) is 4.74 Å². The highest BCUT2D eigenvalue weighted by Gasteiger charge is 2.72. The molecule has 0 aromatic carbocycles. The number of carbonyl (C=O) groups is 3. The smallest absolute Gasteiger partial charge is 0.306 e. The van der Waals surface area contributed by atoms with Crippen LogP contribution in [0.1, 0.15) is 67.2 Å². The van der Waals surface area contributed by atoms with Gasteiger partial charge in [-0.1, -0.05) is 46.3 Å². The SMILES string of the molecule is CCC(=O)O[C@]1(C(C)=O)C(C)C[C@H]2[C@@H]3CC(C)C4=CC(=O)C=C[C@]4(C)[C@H]3C(O)C[C@@]21C. The molecule has 3 unspecified atom stereocenters. The minimum atomic E-state index is -1.20. The number of rotatable bonds is 3. The number of aliphatic hydroxyl groups is 1. The molecule has 0 aromatic heterocycles. The topological polar surface area (TPSA) is 80.7 Å². The molecule has 0 aliphatic heterocycles. The molecular formula is C26H36O5. The molecule has 0 amide bonds.